The van der Waals surface area contributed by atoms with Gasteiger partial charge in [0.05, 0.1) is 0 Å². The van der Waals surface area contributed by atoms with Gasteiger partial charge in [-0.25, -0.2) is 4.79 Å². The van der Waals surface area contributed by atoms with Gasteiger partial charge in [-0.3, -0.25) is 4.79 Å². The molecule has 3 amide bonds. The second kappa shape index (κ2) is 9.44. The van der Waals surface area contributed by atoms with Crippen molar-refractivity contribution in [2.24, 2.45) is 5.92 Å². The van der Waals surface area contributed by atoms with Gasteiger partial charge in [0.2, 0.25) is 0 Å². The van der Waals surface area contributed by atoms with E-state index in [4.69, 9.17) is 0 Å². The molecule has 1 aliphatic rings. The lowest BCUT2D eigenvalue weighted by atomic mass is 10.1. The highest BCUT2D eigenvalue weighted by atomic mass is 16.2. The van der Waals surface area contributed by atoms with Gasteiger partial charge in [0.15, 0.2) is 0 Å². The number of hydrogen-bond donors (Lipinski definition) is 2. The highest BCUT2D eigenvalue weighted by Crippen LogP contribution is 2.27. The summed E-state index contributed by atoms with van der Waals surface area (Å²) in [6, 6.07) is 7.86. The van der Waals surface area contributed by atoms with Crippen LogP contribution in [0.2, 0.25) is 0 Å². The summed E-state index contributed by atoms with van der Waals surface area (Å²) in [6.45, 7) is 8.31. The molecule has 0 aliphatic heterocycles. The fraction of sp³-hybridized carbons (Fsp3) is 0.600. The summed E-state index contributed by atoms with van der Waals surface area (Å²) in [5.41, 5.74) is 1.58. The molecule has 1 fully saturated rings. The van der Waals surface area contributed by atoms with Crippen molar-refractivity contribution in [3.63, 3.8) is 0 Å². The van der Waals surface area contributed by atoms with E-state index in [0.717, 1.165) is 37.8 Å². The maximum Gasteiger partial charge on any atom is 0.317 e. The number of carbonyl (C=O) groups is 2. The van der Waals surface area contributed by atoms with Crippen LogP contribution < -0.4 is 10.6 Å². The Morgan fingerprint density at radius 1 is 1.24 bits per heavy atom. The molecule has 0 bridgehead atoms. The van der Waals surface area contributed by atoms with E-state index in [-0.39, 0.29) is 11.9 Å². The van der Waals surface area contributed by atoms with Gasteiger partial charge in [0, 0.05) is 31.2 Å². The van der Waals surface area contributed by atoms with Crippen LogP contribution in [0.25, 0.3) is 0 Å². The van der Waals surface area contributed by atoms with E-state index < -0.39 is 0 Å². The Balaban J connectivity index is 1.88. The molecule has 0 atom stereocenters. The summed E-state index contributed by atoms with van der Waals surface area (Å²) >= 11 is 0. The molecule has 5 heteroatoms. The quantitative estimate of drug-likeness (QED) is 0.719. The van der Waals surface area contributed by atoms with E-state index in [1.165, 1.54) is 0 Å². The molecule has 0 saturated heterocycles. The fourth-order valence-corrected chi connectivity index (χ4v) is 2.68. The van der Waals surface area contributed by atoms with Crippen LogP contribution in [-0.2, 0) is 6.54 Å². The van der Waals surface area contributed by atoms with Gasteiger partial charge >= 0.3 is 6.03 Å². The first-order valence-corrected chi connectivity index (χ1v) is 9.42. The Kier molecular flexibility index (Phi) is 7.29. The topological polar surface area (TPSA) is 61.4 Å². The van der Waals surface area contributed by atoms with Crippen LogP contribution in [0, 0.1) is 5.92 Å². The molecule has 5 nitrogen and oxygen atoms in total. The van der Waals surface area contributed by atoms with Crippen molar-refractivity contribution in [1.82, 2.24) is 15.5 Å². The van der Waals surface area contributed by atoms with Crippen molar-refractivity contribution in [3.05, 3.63) is 35.4 Å². The number of nitrogens with one attached hydrogen (secondary N) is 2. The van der Waals surface area contributed by atoms with Crippen LogP contribution in [0.15, 0.2) is 24.3 Å². The van der Waals surface area contributed by atoms with Crippen LogP contribution in [0.5, 0.6) is 0 Å². The highest BCUT2D eigenvalue weighted by molar-refractivity contribution is 5.94. The van der Waals surface area contributed by atoms with Gasteiger partial charge in [-0.2, -0.15) is 0 Å². The normalized spacial score (nSPS) is 13.6. The summed E-state index contributed by atoms with van der Waals surface area (Å²) in [5, 5.41) is 5.88. The zero-order valence-corrected chi connectivity index (χ0v) is 15.7. The van der Waals surface area contributed by atoms with Gasteiger partial charge in [-0.15, -0.1) is 0 Å². The van der Waals surface area contributed by atoms with Gasteiger partial charge in [0.1, 0.15) is 0 Å². The first kappa shape index (κ1) is 19.3. The molecule has 1 aliphatic carbocycles. The average molecular weight is 345 g/mol. The predicted octanol–water partition coefficient (Wildman–Crippen LogP) is 3.55. The lowest BCUT2D eigenvalue weighted by Crippen LogP contribution is -2.42. The molecule has 1 aromatic carbocycles. The fourth-order valence-electron chi connectivity index (χ4n) is 2.68. The smallest absolute Gasteiger partial charge is 0.317 e. The SMILES string of the molecule is CCCNC(=O)c1cccc(CNC(=O)N(CCC(C)C)C2CC2)c1. The lowest BCUT2D eigenvalue weighted by Gasteiger charge is -2.23. The lowest BCUT2D eigenvalue weighted by molar-refractivity contribution is 0.0953. The third-order valence-electron chi connectivity index (χ3n) is 4.36. The van der Waals surface area contributed by atoms with Crippen LogP contribution >= 0.6 is 0 Å². The van der Waals surface area contributed by atoms with Crippen molar-refractivity contribution in [3.8, 4) is 0 Å². The molecule has 1 aromatic rings. The zero-order chi connectivity index (χ0) is 18.2. The van der Waals surface area contributed by atoms with Crippen molar-refractivity contribution >= 4 is 11.9 Å². The first-order chi connectivity index (χ1) is 12.0. The maximum absolute atomic E-state index is 12.5. The number of carbonyl (C=O) groups excluding carboxylic acids is 2. The van der Waals surface area contributed by atoms with Crippen molar-refractivity contribution in [1.29, 1.82) is 0 Å². The summed E-state index contributed by atoms with van der Waals surface area (Å²) in [6.07, 6.45) is 4.16. The minimum atomic E-state index is -0.0634. The monoisotopic (exact) mass is 345 g/mol. The zero-order valence-electron chi connectivity index (χ0n) is 15.7. The minimum absolute atomic E-state index is 0.00369. The second-order valence-electron chi connectivity index (χ2n) is 7.22. The standard InChI is InChI=1S/C20H31N3O2/c1-4-11-21-19(24)17-7-5-6-16(13-17)14-22-20(25)23(18-8-9-18)12-10-15(2)3/h5-7,13,15,18H,4,8-12,14H2,1-3H3,(H,21,24)(H,22,25). The molecule has 0 aromatic heterocycles. The third kappa shape index (κ3) is 6.40. The predicted molar refractivity (Wildman–Crippen MR) is 100 cm³/mol. The number of nitrogens with zero attached hydrogens (tertiary/aromatic N) is 1. The first-order valence-electron chi connectivity index (χ1n) is 9.42. The molecule has 0 heterocycles. The van der Waals surface area contributed by atoms with Gasteiger partial charge in [-0.1, -0.05) is 32.9 Å². The third-order valence-corrected chi connectivity index (χ3v) is 4.36. The minimum Gasteiger partial charge on any atom is -0.352 e. The molecule has 0 unspecified atom stereocenters. The summed E-state index contributed by atoms with van der Waals surface area (Å²) in [5.74, 6) is 0.527. The molecule has 2 N–H and O–H groups in total. The Hall–Kier alpha value is -2.04. The molecule has 25 heavy (non-hydrogen) atoms. The maximum atomic E-state index is 12.5. The average Bonchev–Trinajstić information content (AvgIpc) is 3.43. The summed E-state index contributed by atoms with van der Waals surface area (Å²) < 4.78 is 0. The van der Waals surface area contributed by atoms with Crippen molar-refractivity contribution in [2.75, 3.05) is 13.1 Å². The van der Waals surface area contributed by atoms with Crippen LogP contribution in [-0.4, -0.2) is 36.0 Å². The number of hydrogen-bond acceptors (Lipinski definition) is 2. The Bertz CT molecular complexity index is 582. The highest BCUT2D eigenvalue weighted by Gasteiger charge is 2.32. The molecule has 2 rings (SSSR count). The molecule has 0 spiro atoms. The number of amides is 3. The number of benzene rings is 1. The van der Waals surface area contributed by atoms with Crippen LogP contribution in [0.1, 0.15) is 62.4 Å². The molecular weight excluding hydrogens is 314 g/mol. The Morgan fingerprint density at radius 2 is 2.00 bits per heavy atom. The number of urea groups is 1. The van der Waals surface area contributed by atoms with Gasteiger partial charge in [-0.05, 0) is 49.3 Å². The van der Waals surface area contributed by atoms with Crippen molar-refractivity contribution in [2.45, 2.75) is 59.0 Å². The number of rotatable bonds is 9. The molecule has 0 radical (unpaired) electrons. The molecule has 1 saturated carbocycles. The van der Waals surface area contributed by atoms with Gasteiger partial charge in [0.25, 0.3) is 5.91 Å². The Morgan fingerprint density at radius 3 is 2.64 bits per heavy atom. The Labute approximate surface area is 151 Å². The van der Waals surface area contributed by atoms with E-state index in [1.807, 2.05) is 30.0 Å². The molecular formula is C20H31N3O2. The summed E-state index contributed by atoms with van der Waals surface area (Å²) in [4.78, 5) is 26.5. The van der Waals surface area contributed by atoms with Gasteiger partial charge < -0.3 is 15.5 Å². The second-order valence-corrected chi connectivity index (χ2v) is 7.22. The van der Waals surface area contributed by atoms with Crippen LogP contribution in [0.3, 0.4) is 0 Å². The van der Waals surface area contributed by atoms with E-state index in [2.05, 4.69) is 24.5 Å². The van der Waals surface area contributed by atoms with E-state index in [1.54, 1.807) is 6.07 Å². The van der Waals surface area contributed by atoms with Crippen LogP contribution in [0.4, 0.5) is 4.79 Å². The van der Waals surface area contributed by atoms with Crippen molar-refractivity contribution < 1.29 is 9.59 Å². The van der Waals surface area contributed by atoms with E-state index in [9.17, 15) is 9.59 Å². The molecule has 138 valence electrons. The largest absolute Gasteiger partial charge is 0.352 e. The summed E-state index contributed by atoms with van der Waals surface area (Å²) in [7, 11) is 0. The van der Waals surface area contributed by atoms with E-state index >= 15 is 0 Å². The van der Waals surface area contributed by atoms with E-state index in [0.29, 0.717) is 30.6 Å².